The van der Waals surface area contributed by atoms with Crippen molar-refractivity contribution in [3.63, 3.8) is 0 Å². The summed E-state index contributed by atoms with van der Waals surface area (Å²) in [7, 11) is 0. The number of hydrogen-bond donors (Lipinski definition) is 1. The Hall–Kier alpha value is -0.550. The van der Waals surface area contributed by atoms with Crippen LogP contribution >= 0.6 is 0 Å². The molecule has 0 heterocycles. The summed E-state index contributed by atoms with van der Waals surface area (Å²) in [4.78, 5) is 0. The molecule has 0 aromatic heterocycles. The van der Waals surface area contributed by atoms with Crippen LogP contribution in [0.5, 0.6) is 0 Å². The second kappa shape index (κ2) is 4.11. The smallest absolute Gasteiger partial charge is 0.0621 e. The summed E-state index contributed by atoms with van der Waals surface area (Å²) in [5.41, 5.74) is 0.276. The van der Waals surface area contributed by atoms with Crippen LogP contribution in [0.1, 0.15) is 40.0 Å². The molecule has 2 unspecified atom stereocenters. The molecular formula is C11H20N2. The maximum Gasteiger partial charge on any atom is 0.0621 e. The van der Waals surface area contributed by atoms with E-state index >= 15 is 0 Å². The molecular weight excluding hydrogens is 160 g/mol. The summed E-state index contributed by atoms with van der Waals surface area (Å²) in [6.07, 6.45) is 3.00. The first-order valence-electron chi connectivity index (χ1n) is 5.15. The molecule has 1 saturated carbocycles. The van der Waals surface area contributed by atoms with Gasteiger partial charge in [-0.3, -0.25) is 0 Å². The highest BCUT2D eigenvalue weighted by molar-refractivity contribution is 4.91. The Labute approximate surface area is 81.3 Å². The molecule has 2 heteroatoms. The van der Waals surface area contributed by atoms with E-state index in [0.717, 1.165) is 24.9 Å². The van der Waals surface area contributed by atoms with Gasteiger partial charge >= 0.3 is 0 Å². The standard InChI is InChI=1S/C11H20N2/c1-9-7-10(9)13-8-11(2,3)5-4-6-12/h9-10,13H,4-5,7-8H2,1-3H3. The molecule has 1 rings (SSSR count). The Kier molecular flexibility index (Phi) is 3.33. The number of rotatable bonds is 5. The van der Waals surface area contributed by atoms with Gasteiger partial charge in [-0.1, -0.05) is 20.8 Å². The predicted octanol–water partition coefficient (Wildman–Crippen LogP) is 2.31. The molecule has 0 amide bonds. The van der Waals surface area contributed by atoms with Gasteiger partial charge in [0.05, 0.1) is 6.07 Å². The van der Waals surface area contributed by atoms with Gasteiger partial charge in [-0.2, -0.15) is 5.26 Å². The second-order valence-corrected chi connectivity index (χ2v) is 5.02. The molecule has 2 atom stereocenters. The van der Waals surface area contributed by atoms with Crippen LogP contribution in [0.15, 0.2) is 0 Å². The number of hydrogen-bond acceptors (Lipinski definition) is 2. The summed E-state index contributed by atoms with van der Waals surface area (Å²) in [5, 5.41) is 12.0. The number of nitriles is 1. The van der Waals surface area contributed by atoms with Crippen molar-refractivity contribution < 1.29 is 0 Å². The van der Waals surface area contributed by atoms with Crippen LogP contribution in [-0.2, 0) is 0 Å². The first-order chi connectivity index (χ1) is 6.05. The van der Waals surface area contributed by atoms with Crippen LogP contribution < -0.4 is 5.32 Å². The monoisotopic (exact) mass is 180 g/mol. The Morgan fingerprint density at radius 2 is 2.15 bits per heavy atom. The zero-order valence-electron chi connectivity index (χ0n) is 8.93. The number of nitrogens with zero attached hydrogens (tertiary/aromatic N) is 1. The second-order valence-electron chi connectivity index (χ2n) is 5.02. The van der Waals surface area contributed by atoms with Crippen LogP contribution in [0, 0.1) is 22.7 Å². The predicted molar refractivity (Wildman–Crippen MR) is 54.2 cm³/mol. The van der Waals surface area contributed by atoms with Crippen LogP contribution in [-0.4, -0.2) is 12.6 Å². The highest BCUT2D eigenvalue weighted by Crippen LogP contribution is 2.30. The van der Waals surface area contributed by atoms with Crippen molar-refractivity contribution in [2.24, 2.45) is 11.3 Å². The topological polar surface area (TPSA) is 35.8 Å². The van der Waals surface area contributed by atoms with E-state index in [4.69, 9.17) is 5.26 Å². The average Bonchev–Trinajstić information content (AvgIpc) is 2.76. The van der Waals surface area contributed by atoms with Gasteiger partial charge in [0.25, 0.3) is 0 Å². The van der Waals surface area contributed by atoms with E-state index in [9.17, 15) is 0 Å². The molecule has 0 radical (unpaired) electrons. The highest BCUT2D eigenvalue weighted by atomic mass is 15.0. The van der Waals surface area contributed by atoms with Gasteiger partial charge in [-0.15, -0.1) is 0 Å². The third-order valence-corrected chi connectivity index (χ3v) is 2.87. The maximum absolute atomic E-state index is 8.49. The summed E-state index contributed by atoms with van der Waals surface area (Å²) in [6.45, 7) is 7.78. The van der Waals surface area contributed by atoms with Crippen molar-refractivity contribution in [1.29, 1.82) is 5.26 Å². The molecule has 2 nitrogen and oxygen atoms in total. The lowest BCUT2D eigenvalue weighted by atomic mass is 9.88. The molecule has 0 bridgehead atoms. The molecule has 13 heavy (non-hydrogen) atoms. The van der Waals surface area contributed by atoms with Gasteiger partial charge in [-0.25, -0.2) is 0 Å². The maximum atomic E-state index is 8.49. The van der Waals surface area contributed by atoms with Crippen LogP contribution in [0.4, 0.5) is 0 Å². The first kappa shape index (κ1) is 10.5. The lowest BCUT2D eigenvalue weighted by Crippen LogP contribution is -2.31. The molecule has 1 aliphatic carbocycles. The molecule has 0 aromatic carbocycles. The van der Waals surface area contributed by atoms with E-state index in [-0.39, 0.29) is 5.41 Å². The van der Waals surface area contributed by atoms with E-state index < -0.39 is 0 Å². The van der Waals surface area contributed by atoms with Crippen molar-refractivity contribution in [3.8, 4) is 6.07 Å². The molecule has 0 saturated heterocycles. The van der Waals surface area contributed by atoms with E-state index in [0.29, 0.717) is 6.42 Å². The lowest BCUT2D eigenvalue weighted by Gasteiger charge is -2.23. The minimum Gasteiger partial charge on any atom is -0.313 e. The molecule has 1 N–H and O–H groups in total. The van der Waals surface area contributed by atoms with Gasteiger partial charge in [0, 0.05) is 19.0 Å². The SMILES string of the molecule is CC1CC1NCC(C)(C)CCC#N. The fourth-order valence-corrected chi connectivity index (χ4v) is 1.50. The molecule has 0 aromatic rings. The van der Waals surface area contributed by atoms with Gasteiger partial charge in [-0.05, 0) is 24.2 Å². The van der Waals surface area contributed by atoms with Crippen LogP contribution in [0.25, 0.3) is 0 Å². The average molecular weight is 180 g/mol. The third kappa shape index (κ3) is 3.78. The number of nitrogens with one attached hydrogen (secondary N) is 1. The zero-order valence-corrected chi connectivity index (χ0v) is 8.93. The fourth-order valence-electron chi connectivity index (χ4n) is 1.50. The van der Waals surface area contributed by atoms with Gasteiger partial charge in [0.1, 0.15) is 0 Å². The molecule has 0 aliphatic heterocycles. The minimum atomic E-state index is 0.276. The van der Waals surface area contributed by atoms with Crippen molar-refractivity contribution in [3.05, 3.63) is 0 Å². The fraction of sp³-hybridized carbons (Fsp3) is 0.909. The van der Waals surface area contributed by atoms with Gasteiger partial charge in [0.2, 0.25) is 0 Å². The van der Waals surface area contributed by atoms with Crippen LogP contribution in [0.3, 0.4) is 0 Å². The summed E-state index contributed by atoms with van der Waals surface area (Å²) in [5.74, 6) is 0.867. The Morgan fingerprint density at radius 1 is 1.54 bits per heavy atom. The van der Waals surface area contributed by atoms with E-state index in [2.05, 4.69) is 32.2 Å². The van der Waals surface area contributed by atoms with E-state index in [1.54, 1.807) is 0 Å². The Bertz CT molecular complexity index is 203. The Morgan fingerprint density at radius 3 is 2.62 bits per heavy atom. The lowest BCUT2D eigenvalue weighted by molar-refractivity contribution is 0.315. The third-order valence-electron chi connectivity index (χ3n) is 2.87. The molecule has 0 spiro atoms. The Balaban J connectivity index is 2.14. The van der Waals surface area contributed by atoms with E-state index in [1.807, 2.05) is 0 Å². The quantitative estimate of drug-likeness (QED) is 0.704. The van der Waals surface area contributed by atoms with Gasteiger partial charge in [0.15, 0.2) is 0 Å². The van der Waals surface area contributed by atoms with Crippen molar-refractivity contribution in [1.82, 2.24) is 5.32 Å². The normalized spacial score (nSPS) is 26.9. The molecule has 1 fully saturated rings. The van der Waals surface area contributed by atoms with Crippen molar-refractivity contribution in [2.45, 2.75) is 46.1 Å². The van der Waals surface area contributed by atoms with Crippen molar-refractivity contribution in [2.75, 3.05) is 6.54 Å². The van der Waals surface area contributed by atoms with Crippen LogP contribution in [0.2, 0.25) is 0 Å². The van der Waals surface area contributed by atoms with Crippen molar-refractivity contribution >= 4 is 0 Å². The largest absolute Gasteiger partial charge is 0.313 e. The van der Waals surface area contributed by atoms with Gasteiger partial charge < -0.3 is 5.32 Å². The summed E-state index contributed by atoms with van der Waals surface area (Å²) >= 11 is 0. The minimum absolute atomic E-state index is 0.276. The summed E-state index contributed by atoms with van der Waals surface area (Å²) < 4.78 is 0. The highest BCUT2D eigenvalue weighted by Gasteiger charge is 2.33. The first-order valence-corrected chi connectivity index (χ1v) is 5.15. The summed E-state index contributed by atoms with van der Waals surface area (Å²) in [6, 6.07) is 2.96. The molecule has 1 aliphatic rings. The zero-order chi connectivity index (χ0) is 9.90. The van der Waals surface area contributed by atoms with E-state index in [1.165, 1.54) is 6.42 Å². The molecule has 74 valence electrons.